The van der Waals surface area contributed by atoms with Crippen molar-refractivity contribution in [3.8, 4) is 11.5 Å². The zero-order valence-electron chi connectivity index (χ0n) is 17.0. The Morgan fingerprint density at radius 2 is 1.71 bits per heavy atom. The number of likely N-dealkylation sites (tertiary alicyclic amines) is 1. The first kappa shape index (κ1) is 20.2. The average Bonchev–Trinajstić information content (AvgIpc) is 2.70. The molecule has 1 saturated heterocycles. The van der Waals surface area contributed by atoms with Gasteiger partial charge in [-0.3, -0.25) is 4.79 Å². The minimum atomic E-state index is -0.134. The number of nitrogens with one attached hydrogen (secondary N) is 1. The number of hydrogen-bond acceptors (Lipinski definition) is 4. The fraction of sp³-hybridized carbons (Fsp3) is 0.435. The smallest absolute Gasteiger partial charge is 0.258 e. The van der Waals surface area contributed by atoms with Gasteiger partial charge in [0.15, 0.2) is 6.61 Å². The summed E-state index contributed by atoms with van der Waals surface area (Å²) in [4.78, 5) is 14.4. The number of rotatable bonds is 7. The lowest BCUT2D eigenvalue weighted by Crippen LogP contribution is -2.35. The summed E-state index contributed by atoms with van der Waals surface area (Å²) in [6.45, 7) is 6.74. The first-order chi connectivity index (χ1) is 13.5. The Labute approximate surface area is 167 Å². The summed E-state index contributed by atoms with van der Waals surface area (Å²) >= 11 is 0. The molecule has 1 aliphatic heterocycles. The van der Waals surface area contributed by atoms with Crippen LogP contribution >= 0.6 is 0 Å². The van der Waals surface area contributed by atoms with Crippen LogP contribution in [0, 0.1) is 13.8 Å². The maximum Gasteiger partial charge on any atom is 0.258 e. The SMILES string of the molecule is Cc1ccc(OCC(=O)NCc2ccc(OC3CCN(C)CC3)cc2)cc1C. The molecule has 5 nitrogen and oxygen atoms in total. The fourth-order valence-electron chi connectivity index (χ4n) is 3.19. The Morgan fingerprint density at radius 3 is 2.39 bits per heavy atom. The summed E-state index contributed by atoms with van der Waals surface area (Å²) in [5.74, 6) is 1.47. The van der Waals surface area contributed by atoms with Crippen molar-refractivity contribution in [3.05, 3.63) is 59.2 Å². The maximum absolute atomic E-state index is 12.0. The van der Waals surface area contributed by atoms with Crippen molar-refractivity contribution in [2.45, 2.75) is 39.3 Å². The molecule has 0 aromatic heterocycles. The van der Waals surface area contributed by atoms with Crippen LogP contribution in [0.1, 0.15) is 29.5 Å². The molecule has 150 valence electrons. The molecule has 1 fully saturated rings. The summed E-state index contributed by atoms with van der Waals surface area (Å²) in [7, 11) is 2.15. The highest BCUT2D eigenvalue weighted by Crippen LogP contribution is 2.19. The van der Waals surface area contributed by atoms with E-state index < -0.39 is 0 Å². The number of piperidine rings is 1. The molecule has 0 spiro atoms. The molecule has 3 rings (SSSR count). The lowest BCUT2D eigenvalue weighted by Gasteiger charge is -2.29. The van der Waals surface area contributed by atoms with Gasteiger partial charge >= 0.3 is 0 Å². The number of amides is 1. The molecule has 1 aliphatic rings. The lowest BCUT2D eigenvalue weighted by atomic mass is 10.1. The molecule has 1 N–H and O–H groups in total. The van der Waals surface area contributed by atoms with Crippen molar-refractivity contribution < 1.29 is 14.3 Å². The van der Waals surface area contributed by atoms with Gasteiger partial charge in [0.1, 0.15) is 17.6 Å². The van der Waals surface area contributed by atoms with E-state index in [-0.39, 0.29) is 12.5 Å². The van der Waals surface area contributed by atoms with Gasteiger partial charge in [-0.2, -0.15) is 0 Å². The van der Waals surface area contributed by atoms with E-state index in [0.29, 0.717) is 18.4 Å². The van der Waals surface area contributed by atoms with E-state index >= 15 is 0 Å². The van der Waals surface area contributed by atoms with Crippen molar-refractivity contribution >= 4 is 5.91 Å². The Bertz CT molecular complexity index is 781. The molecule has 0 saturated carbocycles. The molecular formula is C23H30N2O3. The monoisotopic (exact) mass is 382 g/mol. The zero-order valence-corrected chi connectivity index (χ0v) is 17.0. The maximum atomic E-state index is 12.0. The second kappa shape index (κ2) is 9.60. The standard InChI is InChI=1S/C23H30N2O3/c1-17-4-7-22(14-18(17)2)27-16-23(26)24-15-19-5-8-20(9-6-19)28-21-10-12-25(3)13-11-21/h4-9,14,21H,10-13,15-16H2,1-3H3,(H,24,26). The second-order valence-corrected chi connectivity index (χ2v) is 7.58. The Kier molecular flexibility index (Phi) is 6.93. The van der Waals surface area contributed by atoms with E-state index in [1.54, 1.807) is 0 Å². The molecule has 5 heteroatoms. The molecular weight excluding hydrogens is 352 g/mol. The average molecular weight is 383 g/mol. The molecule has 28 heavy (non-hydrogen) atoms. The molecule has 0 aliphatic carbocycles. The third-order valence-corrected chi connectivity index (χ3v) is 5.23. The fourth-order valence-corrected chi connectivity index (χ4v) is 3.19. The number of hydrogen-bond donors (Lipinski definition) is 1. The lowest BCUT2D eigenvalue weighted by molar-refractivity contribution is -0.123. The first-order valence-corrected chi connectivity index (χ1v) is 9.90. The van der Waals surface area contributed by atoms with E-state index in [2.05, 4.69) is 24.2 Å². The number of carbonyl (C=O) groups is 1. The van der Waals surface area contributed by atoms with E-state index in [1.165, 1.54) is 5.56 Å². The Morgan fingerprint density at radius 1 is 1.04 bits per heavy atom. The topological polar surface area (TPSA) is 50.8 Å². The summed E-state index contributed by atoms with van der Waals surface area (Å²) in [6.07, 6.45) is 2.42. The summed E-state index contributed by atoms with van der Waals surface area (Å²) in [6, 6.07) is 13.8. The Balaban J connectivity index is 1.40. The van der Waals surface area contributed by atoms with Crippen LogP contribution in [-0.2, 0) is 11.3 Å². The molecule has 1 amide bonds. The van der Waals surface area contributed by atoms with Gasteiger partial charge < -0.3 is 19.7 Å². The third-order valence-electron chi connectivity index (χ3n) is 5.23. The van der Waals surface area contributed by atoms with Crippen LogP contribution in [0.4, 0.5) is 0 Å². The van der Waals surface area contributed by atoms with Crippen LogP contribution in [0.2, 0.25) is 0 Å². The predicted molar refractivity (Wildman–Crippen MR) is 111 cm³/mol. The van der Waals surface area contributed by atoms with E-state index in [4.69, 9.17) is 9.47 Å². The van der Waals surface area contributed by atoms with Crippen molar-refractivity contribution in [1.82, 2.24) is 10.2 Å². The molecule has 2 aromatic carbocycles. The van der Waals surface area contributed by atoms with Gasteiger partial charge in [-0.25, -0.2) is 0 Å². The van der Waals surface area contributed by atoms with Crippen molar-refractivity contribution in [3.63, 3.8) is 0 Å². The van der Waals surface area contributed by atoms with Gasteiger partial charge in [0, 0.05) is 19.6 Å². The van der Waals surface area contributed by atoms with Gasteiger partial charge in [0.25, 0.3) is 5.91 Å². The minimum Gasteiger partial charge on any atom is -0.490 e. The predicted octanol–water partition coefficient (Wildman–Crippen LogP) is 3.47. The largest absolute Gasteiger partial charge is 0.490 e. The number of aryl methyl sites for hydroxylation is 2. The highest BCUT2D eigenvalue weighted by Gasteiger charge is 2.17. The second-order valence-electron chi connectivity index (χ2n) is 7.58. The summed E-state index contributed by atoms with van der Waals surface area (Å²) in [5.41, 5.74) is 3.40. The molecule has 1 heterocycles. The van der Waals surface area contributed by atoms with Gasteiger partial charge in [0.2, 0.25) is 0 Å². The van der Waals surface area contributed by atoms with Crippen LogP contribution in [-0.4, -0.2) is 43.7 Å². The molecule has 2 aromatic rings. The molecule has 0 radical (unpaired) electrons. The van der Waals surface area contributed by atoms with Crippen LogP contribution in [0.15, 0.2) is 42.5 Å². The van der Waals surface area contributed by atoms with Crippen LogP contribution in [0.5, 0.6) is 11.5 Å². The van der Waals surface area contributed by atoms with Crippen LogP contribution in [0.3, 0.4) is 0 Å². The van der Waals surface area contributed by atoms with Gasteiger partial charge in [-0.1, -0.05) is 18.2 Å². The number of carbonyl (C=O) groups excluding carboxylic acids is 1. The third kappa shape index (κ3) is 5.99. The van der Waals surface area contributed by atoms with Gasteiger partial charge in [-0.15, -0.1) is 0 Å². The zero-order chi connectivity index (χ0) is 19.9. The molecule has 0 bridgehead atoms. The number of ether oxygens (including phenoxy) is 2. The number of benzene rings is 2. The highest BCUT2D eigenvalue weighted by atomic mass is 16.5. The summed E-state index contributed by atoms with van der Waals surface area (Å²) < 4.78 is 11.6. The Hall–Kier alpha value is -2.53. The van der Waals surface area contributed by atoms with E-state index in [1.807, 2.05) is 49.4 Å². The summed E-state index contributed by atoms with van der Waals surface area (Å²) in [5, 5.41) is 2.89. The molecule has 0 atom stereocenters. The molecule has 0 unspecified atom stereocenters. The van der Waals surface area contributed by atoms with E-state index in [9.17, 15) is 4.79 Å². The van der Waals surface area contributed by atoms with Gasteiger partial charge in [0.05, 0.1) is 0 Å². The van der Waals surface area contributed by atoms with Crippen LogP contribution in [0.25, 0.3) is 0 Å². The first-order valence-electron chi connectivity index (χ1n) is 9.90. The minimum absolute atomic E-state index is 0.0137. The number of nitrogens with zero attached hydrogens (tertiary/aromatic N) is 1. The van der Waals surface area contributed by atoms with Gasteiger partial charge in [-0.05, 0) is 74.7 Å². The van der Waals surface area contributed by atoms with E-state index in [0.717, 1.165) is 42.8 Å². The van der Waals surface area contributed by atoms with Crippen LogP contribution < -0.4 is 14.8 Å². The van der Waals surface area contributed by atoms with Crippen molar-refractivity contribution in [2.75, 3.05) is 26.7 Å². The van der Waals surface area contributed by atoms with Crippen molar-refractivity contribution in [1.29, 1.82) is 0 Å². The highest BCUT2D eigenvalue weighted by molar-refractivity contribution is 5.77. The normalized spacial score (nSPS) is 15.2. The quantitative estimate of drug-likeness (QED) is 0.797. The van der Waals surface area contributed by atoms with Crippen molar-refractivity contribution in [2.24, 2.45) is 0 Å².